The lowest BCUT2D eigenvalue weighted by molar-refractivity contribution is -0.137. The van der Waals surface area contributed by atoms with E-state index in [4.69, 9.17) is 5.11 Å². The largest absolute Gasteiger partial charge is 0.481 e. The molecule has 0 spiro atoms. The number of carboxylic acid groups (broad SMARTS) is 1. The van der Waals surface area contributed by atoms with Crippen LogP contribution in [0.1, 0.15) is 57.8 Å². The van der Waals surface area contributed by atoms with Gasteiger partial charge in [0, 0.05) is 12.5 Å². The fraction of sp³-hybridized carbons (Fsp3) is 0.500. The van der Waals surface area contributed by atoms with Gasteiger partial charge in [-0.15, -0.1) is 0 Å². The lowest BCUT2D eigenvalue weighted by atomic mass is 9.81. The highest BCUT2D eigenvalue weighted by Crippen LogP contribution is 2.50. The Hall–Kier alpha value is -2.18. The molecule has 4 rings (SSSR count). The van der Waals surface area contributed by atoms with Crippen LogP contribution in [0.2, 0.25) is 0 Å². The summed E-state index contributed by atoms with van der Waals surface area (Å²) in [5, 5.41) is 8.76. The zero-order chi connectivity index (χ0) is 22.6. The van der Waals surface area contributed by atoms with Gasteiger partial charge in [-0.1, -0.05) is 61.7 Å². The molecule has 5 nitrogen and oxygen atoms in total. The zero-order valence-corrected chi connectivity index (χ0v) is 19.3. The standard InChI is InChI=1S/C26H33NO4S/c28-25(29)11-7-2-1-6-10-24-21-12-13-22(18-21)26(24)27-32(30,31)23-16-14-20(15-17-23)19-8-4-3-5-9-19/h3-5,8-9,14-17,21-22,24,26-27H,1-2,6-7,10-13,18H2,(H,28,29)/t21-,22?,24?,26?/m1/s1. The molecule has 4 atom stereocenters. The number of hydrogen-bond acceptors (Lipinski definition) is 3. The van der Waals surface area contributed by atoms with Crippen molar-refractivity contribution in [2.75, 3.05) is 0 Å². The number of aliphatic carboxylic acids is 1. The van der Waals surface area contributed by atoms with Crippen LogP contribution in [0.4, 0.5) is 0 Å². The molecule has 2 aromatic rings. The van der Waals surface area contributed by atoms with Gasteiger partial charge in [0.25, 0.3) is 0 Å². The number of carboxylic acids is 1. The summed E-state index contributed by atoms with van der Waals surface area (Å²) < 4.78 is 29.4. The van der Waals surface area contributed by atoms with Gasteiger partial charge >= 0.3 is 5.97 Å². The number of sulfonamides is 1. The Labute approximate surface area is 191 Å². The fourth-order valence-corrected chi connectivity index (χ4v) is 7.08. The van der Waals surface area contributed by atoms with Gasteiger partial charge in [-0.2, -0.15) is 0 Å². The zero-order valence-electron chi connectivity index (χ0n) is 18.4. The molecule has 0 saturated heterocycles. The fourth-order valence-electron chi connectivity index (χ4n) is 5.72. The second-order valence-electron chi connectivity index (χ2n) is 9.38. The predicted octanol–water partition coefficient (Wildman–Crippen LogP) is 5.47. The first-order chi connectivity index (χ1) is 15.4. The van der Waals surface area contributed by atoms with Gasteiger partial charge in [0.2, 0.25) is 10.0 Å². The van der Waals surface area contributed by atoms with Crippen molar-refractivity contribution in [2.45, 2.75) is 68.7 Å². The normalized spacial score (nSPS) is 24.6. The Morgan fingerprint density at radius 3 is 2.25 bits per heavy atom. The number of unbranched alkanes of at least 4 members (excludes halogenated alkanes) is 3. The minimum absolute atomic E-state index is 0.0200. The summed E-state index contributed by atoms with van der Waals surface area (Å²) in [7, 11) is -3.56. The summed E-state index contributed by atoms with van der Waals surface area (Å²) in [4.78, 5) is 11.0. The Kier molecular flexibility index (Phi) is 7.31. The highest BCUT2D eigenvalue weighted by atomic mass is 32.2. The molecule has 2 fully saturated rings. The lowest BCUT2D eigenvalue weighted by Crippen LogP contribution is -2.43. The second kappa shape index (κ2) is 10.2. The molecule has 0 heterocycles. The van der Waals surface area contributed by atoms with E-state index in [0.717, 1.165) is 56.1 Å². The van der Waals surface area contributed by atoms with Gasteiger partial charge < -0.3 is 5.11 Å². The van der Waals surface area contributed by atoms with Gasteiger partial charge in [-0.05, 0) is 73.1 Å². The molecule has 6 heteroatoms. The molecular weight excluding hydrogens is 422 g/mol. The first kappa shape index (κ1) is 23.0. The van der Waals surface area contributed by atoms with E-state index >= 15 is 0 Å². The number of fused-ring (bicyclic) bond motifs is 2. The highest BCUT2D eigenvalue weighted by molar-refractivity contribution is 7.89. The van der Waals surface area contributed by atoms with Crippen molar-refractivity contribution >= 4 is 16.0 Å². The molecule has 0 aliphatic heterocycles. The highest BCUT2D eigenvalue weighted by Gasteiger charge is 2.48. The lowest BCUT2D eigenvalue weighted by Gasteiger charge is -2.31. The second-order valence-corrected chi connectivity index (χ2v) is 11.1. The summed E-state index contributed by atoms with van der Waals surface area (Å²) in [6.45, 7) is 0. The first-order valence-corrected chi connectivity index (χ1v) is 13.3. The molecule has 2 bridgehead atoms. The van der Waals surface area contributed by atoms with Crippen molar-refractivity contribution in [1.29, 1.82) is 0 Å². The summed E-state index contributed by atoms with van der Waals surface area (Å²) in [5.41, 5.74) is 2.08. The Morgan fingerprint density at radius 1 is 0.875 bits per heavy atom. The van der Waals surface area contributed by atoms with E-state index in [1.54, 1.807) is 12.1 Å². The molecule has 2 aliphatic carbocycles. The Morgan fingerprint density at radius 2 is 1.53 bits per heavy atom. The number of hydrogen-bond donors (Lipinski definition) is 2. The van der Waals surface area contributed by atoms with Crippen LogP contribution >= 0.6 is 0 Å². The predicted molar refractivity (Wildman–Crippen MR) is 126 cm³/mol. The molecule has 2 N–H and O–H groups in total. The third-order valence-corrected chi connectivity index (χ3v) is 8.80. The molecule has 0 radical (unpaired) electrons. The minimum Gasteiger partial charge on any atom is -0.481 e. The summed E-state index contributed by atoms with van der Waals surface area (Å²) in [5.74, 6) is 0.721. The minimum atomic E-state index is -3.56. The van der Waals surface area contributed by atoms with Crippen molar-refractivity contribution in [3.05, 3.63) is 54.6 Å². The van der Waals surface area contributed by atoms with Crippen molar-refractivity contribution in [3.8, 4) is 11.1 Å². The summed E-state index contributed by atoms with van der Waals surface area (Å²) in [6, 6.07) is 17.1. The Bertz CT molecular complexity index is 1000. The van der Waals surface area contributed by atoms with E-state index < -0.39 is 16.0 Å². The molecule has 0 amide bonds. The first-order valence-electron chi connectivity index (χ1n) is 11.8. The van der Waals surface area contributed by atoms with Crippen LogP contribution in [-0.2, 0) is 14.8 Å². The molecule has 32 heavy (non-hydrogen) atoms. The van der Waals surface area contributed by atoms with Crippen LogP contribution in [0.25, 0.3) is 11.1 Å². The van der Waals surface area contributed by atoms with Crippen LogP contribution in [0.15, 0.2) is 59.5 Å². The molecule has 2 aliphatic rings. The van der Waals surface area contributed by atoms with Crippen LogP contribution in [0.5, 0.6) is 0 Å². The average Bonchev–Trinajstić information content (AvgIpc) is 3.39. The average molecular weight is 456 g/mol. The summed E-state index contributed by atoms with van der Waals surface area (Å²) >= 11 is 0. The van der Waals surface area contributed by atoms with Crippen LogP contribution in [0, 0.1) is 17.8 Å². The molecule has 0 aromatic heterocycles. The Balaban J connectivity index is 1.37. The monoisotopic (exact) mass is 455 g/mol. The van der Waals surface area contributed by atoms with E-state index in [1.807, 2.05) is 42.5 Å². The molecule has 3 unspecified atom stereocenters. The SMILES string of the molecule is O=C(O)CCCCCCC1C(NS(=O)(=O)c2ccc(-c3ccccc3)cc2)C2CC[C@@H]1C2. The van der Waals surface area contributed by atoms with Crippen LogP contribution in [0.3, 0.4) is 0 Å². The van der Waals surface area contributed by atoms with E-state index in [0.29, 0.717) is 22.6 Å². The van der Waals surface area contributed by atoms with E-state index in [9.17, 15) is 13.2 Å². The topological polar surface area (TPSA) is 83.5 Å². The maximum Gasteiger partial charge on any atom is 0.303 e. The van der Waals surface area contributed by atoms with E-state index in [-0.39, 0.29) is 12.5 Å². The molecule has 2 aromatic carbocycles. The number of nitrogens with one attached hydrogen (secondary N) is 1. The number of benzene rings is 2. The van der Waals surface area contributed by atoms with Crippen molar-refractivity contribution in [1.82, 2.24) is 4.72 Å². The van der Waals surface area contributed by atoms with Gasteiger partial charge in [0.15, 0.2) is 0 Å². The molecular formula is C26H33NO4S. The maximum atomic E-state index is 13.2. The number of rotatable bonds is 11. The van der Waals surface area contributed by atoms with E-state index in [2.05, 4.69) is 4.72 Å². The van der Waals surface area contributed by atoms with Gasteiger partial charge in [0.1, 0.15) is 0 Å². The third-order valence-electron chi connectivity index (χ3n) is 7.33. The van der Waals surface area contributed by atoms with Crippen LogP contribution in [-0.4, -0.2) is 25.5 Å². The quantitative estimate of drug-likeness (QED) is 0.440. The molecule has 172 valence electrons. The smallest absolute Gasteiger partial charge is 0.303 e. The maximum absolute atomic E-state index is 13.2. The van der Waals surface area contributed by atoms with E-state index in [1.165, 1.54) is 6.42 Å². The van der Waals surface area contributed by atoms with Gasteiger partial charge in [0.05, 0.1) is 4.90 Å². The van der Waals surface area contributed by atoms with Gasteiger partial charge in [-0.3, -0.25) is 4.79 Å². The van der Waals surface area contributed by atoms with Crippen molar-refractivity contribution < 1.29 is 18.3 Å². The number of carbonyl (C=O) groups is 1. The van der Waals surface area contributed by atoms with Crippen molar-refractivity contribution in [2.24, 2.45) is 17.8 Å². The van der Waals surface area contributed by atoms with Gasteiger partial charge in [-0.25, -0.2) is 13.1 Å². The summed E-state index contributed by atoms with van der Waals surface area (Å²) in [6.07, 6.45) is 8.41. The molecule has 2 saturated carbocycles. The van der Waals surface area contributed by atoms with Crippen LogP contribution < -0.4 is 4.72 Å². The van der Waals surface area contributed by atoms with Crippen molar-refractivity contribution in [3.63, 3.8) is 0 Å². The third kappa shape index (κ3) is 5.41.